The summed E-state index contributed by atoms with van der Waals surface area (Å²) in [7, 11) is 3.80. The van der Waals surface area contributed by atoms with Gasteiger partial charge in [0.2, 0.25) is 0 Å². The number of anilines is 2. The molecular weight excluding hydrogens is 309 g/mol. The van der Waals surface area contributed by atoms with Gasteiger partial charge in [-0.25, -0.2) is 0 Å². The SMILES string of the molecule is Cc1cc(Cl)c(C(=O)Nc2ccc(N(C)C)c(Cl)c2)cn1. The molecule has 1 N–H and O–H groups in total. The second-order valence-electron chi connectivity index (χ2n) is 4.82. The second kappa shape index (κ2) is 6.33. The van der Waals surface area contributed by atoms with Gasteiger partial charge in [0, 0.05) is 31.7 Å². The number of halogens is 2. The number of nitrogens with zero attached hydrogens (tertiary/aromatic N) is 2. The number of pyridine rings is 1. The summed E-state index contributed by atoms with van der Waals surface area (Å²) in [6.45, 7) is 1.81. The maximum Gasteiger partial charge on any atom is 0.258 e. The molecule has 0 bridgehead atoms. The molecule has 2 aromatic rings. The molecule has 0 aliphatic rings. The minimum atomic E-state index is -0.318. The number of hydrogen-bond acceptors (Lipinski definition) is 3. The number of carbonyl (C=O) groups is 1. The highest BCUT2D eigenvalue weighted by atomic mass is 35.5. The van der Waals surface area contributed by atoms with Crippen molar-refractivity contribution in [3.8, 4) is 0 Å². The van der Waals surface area contributed by atoms with Crippen molar-refractivity contribution in [1.29, 1.82) is 0 Å². The molecule has 21 heavy (non-hydrogen) atoms. The lowest BCUT2D eigenvalue weighted by Crippen LogP contribution is -2.14. The summed E-state index contributed by atoms with van der Waals surface area (Å²) in [5, 5.41) is 3.69. The Bertz CT molecular complexity index is 687. The van der Waals surface area contributed by atoms with Crippen LogP contribution >= 0.6 is 23.2 Å². The number of nitrogens with one attached hydrogen (secondary N) is 1. The zero-order valence-electron chi connectivity index (χ0n) is 11.9. The molecular formula is C15H15Cl2N3O. The van der Waals surface area contributed by atoms with E-state index in [0.717, 1.165) is 11.4 Å². The van der Waals surface area contributed by atoms with Crippen LogP contribution in [0.5, 0.6) is 0 Å². The summed E-state index contributed by atoms with van der Waals surface area (Å²) < 4.78 is 0. The fourth-order valence-corrected chi connectivity index (χ4v) is 2.48. The summed E-state index contributed by atoms with van der Waals surface area (Å²) in [6.07, 6.45) is 1.46. The molecule has 1 aromatic heterocycles. The Morgan fingerprint density at radius 3 is 2.48 bits per heavy atom. The van der Waals surface area contributed by atoms with Crippen LogP contribution in [0.4, 0.5) is 11.4 Å². The summed E-state index contributed by atoms with van der Waals surface area (Å²) in [6, 6.07) is 6.98. The first kappa shape index (κ1) is 15.6. The van der Waals surface area contributed by atoms with Gasteiger partial charge in [-0.1, -0.05) is 23.2 Å². The van der Waals surface area contributed by atoms with Crippen LogP contribution in [0.3, 0.4) is 0 Å². The van der Waals surface area contributed by atoms with Crippen LogP contribution < -0.4 is 10.2 Å². The predicted octanol–water partition coefficient (Wildman–Crippen LogP) is 4.02. The number of aryl methyl sites for hydroxylation is 1. The zero-order chi connectivity index (χ0) is 15.6. The third kappa shape index (κ3) is 3.65. The van der Waals surface area contributed by atoms with Crippen LogP contribution in [0.15, 0.2) is 30.5 Å². The average Bonchev–Trinajstić information content (AvgIpc) is 2.37. The molecule has 0 unspecified atom stereocenters. The maximum atomic E-state index is 12.2. The fraction of sp³-hybridized carbons (Fsp3) is 0.200. The van der Waals surface area contributed by atoms with E-state index >= 15 is 0 Å². The van der Waals surface area contributed by atoms with Gasteiger partial charge in [0.05, 0.1) is 21.3 Å². The number of hydrogen-bond donors (Lipinski definition) is 1. The van der Waals surface area contributed by atoms with E-state index in [-0.39, 0.29) is 5.91 Å². The molecule has 2 rings (SSSR count). The Morgan fingerprint density at radius 2 is 1.90 bits per heavy atom. The minimum absolute atomic E-state index is 0.318. The standard InChI is InChI=1S/C15H15Cl2N3O/c1-9-6-12(16)11(8-18-9)15(21)19-10-4-5-14(20(2)3)13(17)7-10/h4-8H,1-3H3,(H,19,21). The van der Waals surface area contributed by atoms with Crippen molar-refractivity contribution in [3.63, 3.8) is 0 Å². The molecule has 0 radical (unpaired) electrons. The van der Waals surface area contributed by atoms with Gasteiger partial charge in [-0.3, -0.25) is 9.78 Å². The lowest BCUT2D eigenvalue weighted by Gasteiger charge is -2.15. The summed E-state index contributed by atoms with van der Waals surface area (Å²) in [5.74, 6) is -0.318. The Morgan fingerprint density at radius 1 is 1.19 bits per heavy atom. The van der Waals surface area contributed by atoms with Crippen LogP contribution in [-0.2, 0) is 0 Å². The van der Waals surface area contributed by atoms with Crippen molar-refractivity contribution in [3.05, 3.63) is 51.8 Å². The van der Waals surface area contributed by atoms with Crippen LogP contribution in [0.2, 0.25) is 10.0 Å². The molecule has 0 saturated carbocycles. The summed E-state index contributed by atoms with van der Waals surface area (Å²) in [5.41, 5.74) is 2.57. The second-order valence-corrected chi connectivity index (χ2v) is 5.63. The highest BCUT2D eigenvalue weighted by molar-refractivity contribution is 6.35. The molecule has 0 saturated heterocycles. The molecule has 1 aromatic carbocycles. The van der Waals surface area contributed by atoms with Gasteiger partial charge in [0.1, 0.15) is 0 Å². The number of aromatic nitrogens is 1. The number of benzene rings is 1. The third-order valence-electron chi connectivity index (χ3n) is 2.92. The third-order valence-corrected chi connectivity index (χ3v) is 3.54. The van der Waals surface area contributed by atoms with Gasteiger partial charge >= 0.3 is 0 Å². The first-order valence-corrected chi connectivity index (χ1v) is 7.04. The molecule has 0 spiro atoms. The van der Waals surface area contributed by atoms with E-state index in [1.807, 2.05) is 32.0 Å². The van der Waals surface area contributed by atoms with E-state index in [2.05, 4.69) is 10.3 Å². The topological polar surface area (TPSA) is 45.2 Å². The Kier molecular flexibility index (Phi) is 4.70. The van der Waals surface area contributed by atoms with E-state index in [4.69, 9.17) is 23.2 Å². The van der Waals surface area contributed by atoms with Crippen molar-refractivity contribution in [2.45, 2.75) is 6.92 Å². The highest BCUT2D eigenvalue weighted by Gasteiger charge is 2.12. The molecule has 1 heterocycles. The number of amides is 1. The maximum absolute atomic E-state index is 12.2. The van der Waals surface area contributed by atoms with Crippen LogP contribution in [0.25, 0.3) is 0 Å². The average molecular weight is 324 g/mol. The van der Waals surface area contributed by atoms with E-state index < -0.39 is 0 Å². The van der Waals surface area contributed by atoms with Crippen molar-refractivity contribution in [1.82, 2.24) is 4.98 Å². The van der Waals surface area contributed by atoms with E-state index in [9.17, 15) is 4.79 Å². The number of carbonyl (C=O) groups excluding carboxylic acids is 1. The molecule has 0 atom stereocenters. The van der Waals surface area contributed by atoms with Gasteiger partial charge in [0.15, 0.2) is 0 Å². The molecule has 1 amide bonds. The monoisotopic (exact) mass is 323 g/mol. The Balaban J connectivity index is 2.22. The zero-order valence-corrected chi connectivity index (χ0v) is 13.5. The van der Waals surface area contributed by atoms with Crippen molar-refractivity contribution >= 4 is 40.5 Å². The van der Waals surface area contributed by atoms with E-state index in [0.29, 0.717) is 21.3 Å². The summed E-state index contributed by atoms with van der Waals surface area (Å²) >= 11 is 12.2. The first-order chi connectivity index (χ1) is 9.88. The molecule has 0 fully saturated rings. The van der Waals surface area contributed by atoms with Gasteiger partial charge in [-0.05, 0) is 31.2 Å². The van der Waals surface area contributed by atoms with Gasteiger partial charge in [0.25, 0.3) is 5.91 Å². The molecule has 110 valence electrons. The Hall–Kier alpha value is -1.78. The quantitative estimate of drug-likeness (QED) is 0.928. The van der Waals surface area contributed by atoms with Crippen LogP contribution in [0.1, 0.15) is 16.1 Å². The predicted molar refractivity (Wildman–Crippen MR) is 87.7 cm³/mol. The molecule has 0 aliphatic heterocycles. The Labute approximate surface area is 133 Å². The van der Waals surface area contributed by atoms with Gasteiger partial charge in [-0.15, -0.1) is 0 Å². The molecule has 0 aliphatic carbocycles. The van der Waals surface area contributed by atoms with Gasteiger partial charge < -0.3 is 10.2 Å². The van der Waals surface area contributed by atoms with E-state index in [1.54, 1.807) is 18.2 Å². The van der Waals surface area contributed by atoms with Crippen molar-refractivity contribution in [2.75, 3.05) is 24.3 Å². The van der Waals surface area contributed by atoms with E-state index in [1.165, 1.54) is 6.20 Å². The lowest BCUT2D eigenvalue weighted by atomic mass is 10.2. The normalized spacial score (nSPS) is 10.3. The first-order valence-electron chi connectivity index (χ1n) is 6.29. The summed E-state index contributed by atoms with van der Waals surface area (Å²) in [4.78, 5) is 18.2. The lowest BCUT2D eigenvalue weighted by molar-refractivity contribution is 0.102. The largest absolute Gasteiger partial charge is 0.376 e. The number of rotatable bonds is 3. The van der Waals surface area contributed by atoms with Crippen LogP contribution in [-0.4, -0.2) is 25.0 Å². The van der Waals surface area contributed by atoms with Crippen molar-refractivity contribution in [2.24, 2.45) is 0 Å². The van der Waals surface area contributed by atoms with Crippen LogP contribution in [0, 0.1) is 6.92 Å². The smallest absolute Gasteiger partial charge is 0.258 e. The molecule has 6 heteroatoms. The minimum Gasteiger partial charge on any atom is -0.376 e. The fourth-order valence-electron chi connectivity index (χ4n) is 1.84. The highest BCUT2D eigenvalue weighted by Crippen LogP contribution is 2.28. The van der Waals surface area contributed by atoms with Crippen molar-refractivity contribution < 1.29 is 4.79 Å². The van der Waals surface area contributed by atoms with Gasteiger partial charge in [-0.2, -0.15) is 0 Å². The molecule has 4 nitrogen and oxygen atoms in total.